The first kappa shape index (κ1) is 38.5. The Labute approximate surface area is 313 Å². The summed E-state index contributed by atoms with van der Waals surface area (Å²) in [4.78, 5) is 45.5. The Kier molecular flexibility index (Phi) is 13.8. The van der Waals surface area contributed by atoms with E-state index in [-0.39, 0.29) is 36.1 Å². The minimum Gasteiger partial charge on any atom is -0.481 e. The third kappa shape index (κ3) is 9.97. The molecule has 2 aromatic carbocycles. The topological polar surface area (TPSA) is 155 Å². The summed E-state index contributed by atoms with van der Waals surface area (Å²) >= 11 is 13.8. The molecule has 0 bridgehead atoms. The lowest BCUT2D eigenvalue weighted by atomic mass is 10.0. The highest BCUT2D eigenvalue weighted by molar-refractivity contribution is 6.38. The van der Waals surface area contributed by atoms with E-state index in [1.807, 2.05) is 30.3 Å². The third-order valence-electron chi connectivity index (χ3n) is 8.74. The minimum atomic E-state index is -0.460. The number of aromatic nitrogens is 1. The maximum atomic E-state index is 13.3. The molecule has 0 aliphatic carbocycles. The number of rotatable bonds is 16. The molecule has 0 spiro atoms. The number of pyridine rings is 1. The van der Waals surface area contributed by atoms with E-state index in [2.05, 4.69) is 38.1 Å². The number of anilines is 1. The van der Waals surface area contributed by atoms with E-state index in [9.17, 15) is 14.4 Å². The number of allylic oxidation sites excluding steroid dienone is 2. The Morgan fingerprint density at radius 3 is 2.25 bits per heavy atom. The minimum absolute atomic E-state index is 0.0653. The van der Waals surface area contributed by atoms with Crippen LogP contribution in [0.5, 0.6) is 5.88 Å². The Morgan fingerprint density at radius 1 is 0.942 bits per heavy atom. The fourth-order valence-corrected chi connectivity index (χ4v) is 6.63. The smallest absolute Gasteiger partial charge is 0.274 e. The summed E-state index contributed by atoms with van der Waals surface area (Å²) in [6.07, 6.45) is 6.18. The van der Waals surface area contributed by atoms with Gasteiger partial charge in [0.05, 0.1) is 36.5 Å². The molecule has 3 amide bonds. The third-order valence-corrected chi connectivity index (χ3v) is 9.60. The molecule has 0 unspecified atom stereocenters. The largest absolute Gasteiger partial charge is 0.481 e. The van der Waals surface area contributed by atoms with Gasteiger partial charge in [-0.3, -0.25) is 14.4 Å². The van der Waals surface area contributed by atoms with Crippen LogP contribution in [0.15, 0.2) is 77.8 Å². The average molecular weight is 749 g/mol. The van der Waals surface area contributed by atoms with Gasteiger partial charge in [-0.15, -0.1) is 0 Å². The van der Waals surface area contributed by atoms with Crippen molar-refractivity contribution in [3.05, 3.63) is 99.7 Å². The first-order valence-electron chi connectivity index (χ1n) is 17.0. The highest BCUT2D eigenvalue weighted by Gasteiger charge is 2.22. The predicted molar refractivity (Wildman–Crippen MR) is 204 cm³/mol. The fourth-order valence-electron chi connectivity index (χ4n) is 6.07. The number of halogens is 2. The van der Waals surface area contributed by atoms with Crippen LogP contribution in [0.3, 0.4) is 0 Å². The number of methoxy groups -OCH3 is 2. The molecule has 52 heavy (non-hydrogen) atoms. The molecule has 3 aromatic rings. The van der Waals surface area contributed by atoms with Gasteiger partial charge >= 0.3 is 0 Å². The zero-order valence-corrected chi connectivity index (χ0v) is 30.7. The molecule has 12 nitrogen and oxygen atoms in total. The van der Waals surface area contributed by atoms with Crippen molar-refractivity contribution in [2.24, 2.45) is 4.99 Å². The molecule has 1 aromatic heterocycles. The van der Waals surface area contributed by atoms with Crippen LogP contribution in [-0.2, 0) is 27.4 Å². The van der Waals surface area contributed by atoms with Gasteiger partial charge in [-0.1, -0.05) is 72.3 Å². The van der Waals surface area contributed by atoms with Crippen LogP contribution in [0.25, 0.3) is 11.1 Å². The van der Waals surface area contributed by atoms with Crippen molar-refractivity contribution < 1.29 is 23.9 Å². The maximum Gasteiger partial charge on any atom is 0.274 e. The average Bonchev–Trinajstić information content (AvgIpc) is 3.76. The number of hydrogen-bond acceptors (Lipinski definition) is 9. The van der Waals surface area contributed by atoms with E-state index in [0.717, 1.165) is 29.5 Å². The van der Waals surface area contributed by atoms with Gasteiger partial charge in [-0.2, -0.15) is 0 Å². The summed E-state index contributed by atoms with van der Waals surface area (Å²) in [5.41, 5.74) is 4.17. The molecule has 3 heterocycles. The monoisotopic (exact) mass is 747 g/mol. The second kappa shape index (κ2) is 18.7. The Bertz CT molecular complexity index is 1870. The van der Waals surface area contributed by atoms with E-state index in [1.165, 1.54) is 7.11 Å². The van der Waals surface area contributed by atoms with E-state index in [1.54, 1.807) is 37.5 Å². The van der Waals surface area contributed by atoms with Crippen molar-refractivity contribution in [2.45, 2.75) is 50.9 Å². The van der Waals surface area contributed by atoms with Crippen LogP contribution >= 0.6 is 23.2 Å². The fraction of sp³-hybridized carbons (Fsp3) is 0.342. The van der Waals surface area contributed by atoms with Crippen LogP contribution in [0.2, 0.25) is 10.0 Å². The first-order valence-corrected chi connectivity index (χ1v) is 17.8. The van der Waals surface area contributed by atoms with Gasteiger partial charge in [0.2, 0.25) is 23.6 Å². The van der Waals surface area contributed by atoms with Crippen LogP contribution < -0.4 is 31.3 Å². The summed E-state index contributed by atoms with van der Waals surface area (Å²) in [6.45, 7) is 6.23. The number of benzene rings is 2. The van der Waals surface area contributed by atoms with Gasteiger partial charge in [0.15, 0.2) is 0 Å². The normalized spacial score (nSPS) is 17.5. The zero-order valence-electron chi connectivity index (χ0n) is 29.2. The van der Waals surface area contributed by atoms with E-state index in [4.69, 9.17) is 37.7 Å². The number of amides is 3. The van der Waals surface area contributed by atoms with Crippen molar-refractivity contribution in [1.82, 2.24) is 26.3 Å². The second-order valence-corrected chi connectivity index (χ2v) is 13.1. The summed E-state index contributed by atoms with van der Waals surface area (Å²) in [6, 6.07) is 14.5. The lowest BCUT2D eigenvalue weighted by Crippen LogP contribution is -2.37. The Balaban J connectivity index is 1.25. The van der Waals surface area contributed by atoms with Gasteiger partial charge in [0.25, 0.3) is 5.91 Å². The number of carbonyl (C=O) groups excluding carboxylic acids is 3. The molecule has 2 aliphatic rings. The van der Waals surface area contributed by atoms with Crippen LogP contribution in [0, 0.1) is 0 Å². The van der Waals surface area contributed by atoms with Crippen LogP contribution in [0.4, 0.5) is 5.69 Å². The van der Waals surface area contributed by atoms with Crippen LogP contribution in [0.1, 0.15) is 47.3 Å². The number of aliphatic imine (C=N–C) groups is 1. The molecule has 0 radical (unpaired) electrons. The zero-order chi connectivity index (χ0) is 37.0. The van der Waals surface area contributed by atoms with E-state index >= 15 is 0 Å². The number of nitrogens with one attached hydrogen (secondary N) is 5. The molecular weight excluding hydrogens is 705 g/mol. The predicted octanol–water partition coefficient (Wildman–Crippen LogP) is 5.21. The lowest BCUT2D eigenvalue weighted by molar-refractivity contribution is -0.120. The molecule has 14 heteroatoms. The highest BCUT2D eigenvalue weighted by atomic mass is 35.5. The SMILES string of the molecule is C=C/C=C(CNC[C@@H]1CCC(=O)N1)\C(=N/Cc1cccc(-c2cccc(NC(=O)c3ccc(CNC[C@@H]4CCC(=O)N4)c(OC)n3)c2Cl)c1Cl)OC. The van der Waals surface area contributed by atoms with E-state index < -0.39 is 5.91 Å². The number of hydrogen-bond donors (Lipinski definition) is 5. The summed E-state index contributed by atoms with van der Waals surface area (Å²) < 4.78 is 11.1. The number of nitrogens with zero attached hydrogens (tertiary/aromatic N) is 2. The molecule has 2 atom stereocenters. The van der Waals surface area contributed by atoms with E-state index in [0.29, 0.717) is 77.7 Å². The first-order chi connectivity index (χ1) is 25.2. The quantitative estimate of drug-likeness (QED) is 0.0761. The van der Waals surface area contributed by atoms with Crippen molar-refractivity contribution in [1.29, 1.82) is 0 Å². The van der Waals surface area contributed by atoms with Crippen molar-refractivity contribution in [3.63, 3.8) is 0 Å². The van der Waals surface area contributed by atoms with Crippen LogP contribution in [-0.4, -0.2) is 74.5 Å². The van der Waals surface area contributed by atoms with Gasteiger partial charge in [0.1, 0.15) is 5.69 Å². The standard InChI is InChI=1S/C38H43Cl2N7O5/c1-4-7-24(18-41-21-26-13-16-32(48)44-26)37(51-2)43-20-23-8-5-9-28(34(23)39)29-10-6-11-30(35(29)40)46-36(50)31-15-12-25(38(47-31)52-3)19-42-22-27-14-17-33(49)45-27/h4-12,15,26-27,41-42H,1,13-14,16-22H2,2-3H3,(H,44,48)(H,45,49)(H,46,50)/b24-7-,43-37+/t26-,27-/m0/s1. The maximum absolute atomic E-state index is 13.3. The second-order valence-electron chi connectivity index (χ2n) is 12.4. The molecule has 2 aliphatic heterocycles. The molecule has 274 valence electrons. The summed E-state index contributed by atoms with van der Waals surface area (Å²) in [5.74, 6) is 0.428. The summed E-state index contributed by atoms with van der Waals surface area (Å²) in [5, 5.41) is 16.2. The molecule has 0 saturated carbocycles. The lowest BCUT2D eigenvalue weighted by Gasteiger charge is -2.15. The Morgan fingerprint density at radius 2 is 1.62 bits per heavy atom. The van der Waals surface area contributed by atoms with Crippen molar-refractivity contribution in [2.75, 3.05) is 39.2 Å². The molecule has 2 fully saturated rings. The molecule has 2 saturated heterocycles. The van der Waals surface area contributed by atoms with Gasteiger partial charge < -0.3 is 36.1 Å². The molecule has 5 rings (SSSR count). The highest BCUT2D eigenvalue weighted by Crippen LogP contribution is 2.39. The number of carbonyl (C=O) groups is 3. The van der Waals surface area contributed by atoms with Gasteiger partial charge in [-0.25, -0.2) is 9.98 Å². The number of ether oxygens (including phenoxy) is 2. The molecular formula is C38H43Cl2N7O5. The van der Waals surface area contributed by atoms with Crippen molar-refractivity contribution >= 4 is 52.5 Å². The summed E-state index contributed by atoms with van der Waals surface area (Å²) in [7, 11) is 3.06. The van der Waals surface area contributed by atoms with Crippen molar-refractivity contribution in [3.8, 4) is 17.0 Å². The Hall–Kier alpha value is -4.75. The van der Waals surface area contributed by atoms with Gasteiger partial charge in [0, 0.05) is 73.4 Å². The van der Waals surface area contributed by atoms with Gasteiger partial charge in [-0.05, 0) is 36.6 Å². The molecule has 5 N–H and O–H groups in total.